The first-order valence-electron chi connectivity index (χ1n) is 9.47. The highest BCUT2D eigenvalue weighted by Crippen LogP contribution is 2.44. The van der Waals surface area contributed by atoms with Crippen molar-refractivity contribution in [2.24, 2.45) is 11.8 Å². The molecule has 0 aliphatic heterocycles. The van der Waals surface area contributed by atoms with E-state index >= 15 is 0 Å². The highest BCUT2D eigenvalue weighted by atomic mass is 16.5. The first-order valence-corrected chi connectivity index (χ1v) is 9.47. The van der Waals surface area contributed by atoms with Crippen LogP contribution in [0.1, 0.15) is 31.2 Å². The molecule has 136 valence electrons. The number of benzene rings is 2. The van der Waals surface area contributed by atoms with Crippen LogP contribution in [0.5, 0.6) is 11.5 Å². The van der Waals surface area contributed by atoms with Crippen LogP contribution in [0.3, 0.4) is 0 Å². The quantitative estimate of drug-likeness (QED) is 0.744. The van der Waals surface area contributed by atoms with Gasteiger partial charge in [-0.05, 0) is 67.3 Å². The summed E-state index contributed by atoms with van der Waals surface area (Å²) in [5.41, 5.74) is 1.13. The van der Waals surface area contributed by atoms with Crippen molar-refractivity contribution in [3.05, 3.63) is 60.2 Å². The molecule has 0 bridgehead atoms. The summed E-state index contributed by atoms with van der Waals surface area (Å²) < 4.78 is 11.4. The molecular formula is C22H25NO3. The molecular weight excluding hydrogens is 326 g/mol. The van der Waals surface area contributed by atoms with Gasteiger partial charge in [0.25, 0.3) is 5.91 Å². The third-order valence-electron chi connectivity index (χ3n) is 5.03. The maximum absolute atomic E-state index is 12.2. The van der Waals surface area contributed by atoms with Gasteiger partial charge in [-0.3, -0.25) is 4.79 Å². The smallest absolute Gasteiger partial charge is 0.258 e. The zero-order chi connectivity index (χ0) is 17.8. The Kier molecular flexibility index (Phi) is 5.09. The van der Waals surface area contributed by atoms with Crippen LogP contribution in [0.2, 0.25) is 0 Å². The van der Waals surface area contributed by atoms with Crippen molar-refractivity contribution in [1.29, 1.82) is 0 Å². The lowest BCUT2D eigenvalue weighted by molar-refractivity contribution is -0.124. The van der Waals surface area contributed by atoms with Gasteiger partial charge in [-0.2, -0.15) is 0 Å². The van der Waals surface area contributed by atoms with Gasteiger partial charge in [0, 0.05) is 6.04 Å². The highest BCUT2D eigenvalue weighted by molar-refractivity contribution is 5.78. The minimum absolute atomic E-state index is 0.0156. The first kappa shape index (κ1) is 17.0. The van der Waals surface area contributed by atoms with Crippen molar-refractivity contribution in [2.75, 3.05) is 6.61 Å². The Labute approximate surface area is 154 Å². The van der Waals surface area contributed by atoms with Gasteiger partial charge in [0.2, 0.25) is 0 Å². The van der Waals surface area contributed by atoms with Crippen molar-refractivity contribution >= 4 is 5.91 Å². The fraction of sp³-hybridized carbons (Fsp3) is 0.409. The number of hydrogen-bond acceptors (Lipinski definition) is 3. The van der Waals surface area contributed by atoms with Crippen molar-refractivity contribution in [2.45, 2.75) is 38.3 Å². The summed E-state index contributed by atoms with van der Waals surface area (Å²) in [5.74, 6) is 2.85. The summed E-state index contributed by atoms with van der Waals surface area (Å²) in [6.45, 7) is 0.604. The predicted octanol–water partition coefficient (Wildman–Crippen LogP) is 3.95. The minimum atomic E-state index is -0.0156. The van der Waals surface area contributed by atoms with E-state index < -0.39 is 0 Å². The van der Waals surface area contributed by atoms with Crippen molar-refractivity contribution < 1.29 is 14.3 Å². The van der Waals surface area contributed by atoms with Crippen molar-refractivity contribution in [1.82, 2.24) is 5.32 Å². The molecule has 0 radical (unpaired) electrons. The summed E-state index contributed by atoms with van der Waals surface area (Å²) in [6.07, 6.45) is 5.03. The van der Waals surface area contributed by atoms with Crippen LogP contribution in [-0.4, -0.2) is 18.6 Å². The standard InChI is InChI=1S/C22H25NO3/c24-21(23-22(17-6-7-17)18-8-9-18)15-26-20-12-10-19(11-13-20)25-14-16-4-2-1-3-5-16/h1-5,10-13,17-18,22H,6-9,14-15H2,(H,23,24). The van der Waals surface area contributed by atoms with E-state index in [4.69, 9.17) is 9.47 Å². The molecule has 4 heteroatoms. The maximum Gasteiger partial charge on any atom is 0.258 e. The number of carbonyl (C=O) groups excluding carboxylic acids is 1. The van der Waals surface area contributed by atoms with Crippen molar-refractivity contribution in [3.63, 3.8) is 0 Å². The fourth-order valence-corrected chi connectivity index (χ4v) is 3.28. The highest BCUT2D eigenvalue weighted by Gasteiger charge is 2.42. The Morgan fingerprint density at radius 1 is 0.885 bits per heavy atom. The molecule has 2 aromatic rings. The summed E-state index contributed by atoms with van der Waals surface area (Å²) in [7, 11) is 0. The Bertz CT molecular complexity index is 709. The molecule has 0 aromatic heterocycles. The summed E-state index contributed by atoms with van der Waals surface area (Å²) in [4.78, 5) is 12.2. The second-order valence-electron chi connectivity index (χ2n) is 7.30. The second-order valence-corrected chi connectivity index (χ2v) is 7.30. The first-order chi connectivity index (χ1) is 12.8. The molecule has 0 unspecified atom stereocenters. The molecule has 26 heavy (non-hydrogen) atoms. The molecule has 1 amide bonds. The van der Waals surface area contributed by atoms with E-state index in [9.17, 15) is 4.79 Å². The maximum atomic E-state index is 12.2. The molecule has 0 atom stereocenters. The van der Waals surface area contributed by atoms with Gasteiger partial charge >= 0.3 is 0 Å². The number of ether oxygens (including phenoxy) is 2. The average molecular weight is 351 g/mol. The zero-order valence-electron chi connectivity index (χ0n) is 14.9. The lowest BCUT2D eigenvalue weighted by atomic mass is 10.1. The Morgan fingerprint density at radius 3 is 2.04 bits per heavy atom. The van der Waals surface area contributed by atoms with E-state index in [1.54, 1.807) is 0 Å². The predicted molar refractivity (Wildman–Crippen MR) is 100 cm³/mol. The summed E-state index contributed by atoms with van der Waals surface area (Å²) in [6, 6.07) is 17.8. The number of amides is 1. The monoisotopic (exact) mass is 351 g/mol. The van der Waals surface area contributed by atoms with Gasteiger partial charge in [-0.25, -0.2) is 0 Å². The van der Waals surface area contributed by atoms with Gasteiger partial charge in [0.15, 0.2) is 6.61 Å². The largest absolute Gasteiger partial charge is 0.489 e. The Hall–Kier alpha value is -2.49. The van der Waals surface area contributed by atoms with Gasteiger partial charge in [-0.15, -0.1) is 0 Å². The Balaban J connectivity index is 1.21. The molecule has 4 rings (SSSR count). The van der Waals surface area contributed by atoms with E-state index in [0.717, 1.165) is 11.3 Å². The van der Waals surface area contributed by atoms with Crippen LogP contribution in [0.25, 0.3) is 0 Å². The molecule has 2 aromatic carbocycles. The van der Waals surface area contributed by atoms with E-state index in [2.05, 4.69) is 5.32 Å². The SMILES string of the molecule is O=C(COc1ccc(OCc2ccccc2)cc1)NC(C1CC1)C1CC1. The van der Waals surface area contributed by atoms with Gasteiger partial charge in [0.05, 0.1) is 0 Å². The topological polar surface area (TPSA) is 47.6 Å². The molecule has 1 N–H and O–H groups in total. The van der Waals surface area contributed by atoms with Crippen LogP contribution in [-0.2, 0) is 11.4 Å². The number of hydrogen-bond donors (Lipinski definition) is 1. The van der Waals surface area contributed by atoms with Gasteiger partial charge < -0.3 is 14.8 Å². The number of carbonyl (C=O) groups is 1. The van der Waals surface area contributed by atoms with E-state index in [1.165, 1.54) is 25.7 Å². The molecule has 0 heterocycles. The Morgan fingerprint density at radius 2 is 1.46 bits per heavy atom. The lowest BCUT2D eigenvalue weighted by Gasteiger charge is -2.17. The third-order valence-corrected chi connectivity index (χ3v) is 5.03. The molecule has 2 saturated carbocycles. The lowest BCUT2D eigenvalue weighted by Crippen LogP contribution is -2.40. The molecule has 0 saturated heterocycles. The van der Waals surface area contributed by atoms with Gasteiger partial charge in [0.1, 0.15) is 18.1 Å². The molecule has 2 aliphatic carbocycles. The van der Waals surface area contributed by atoms with E-state index in [0.29, 0.717) is 30.2 Å². The third kappa shape index (κ3) is 4.78. The zero-order valence-corrected chi connectivity index (χ0v) is 14.9. The van der Waals surface area contributed by atoms with Crippen LogP contribution in [0.4, 0.5) is 0 Å². The van der Waals surface area contributed by atoms with Crippen LogP contribution < -0.4 is 14.8 Å². The molecule has 0 spiro atoms. The summed E-state index contributed by atoms with van der Waals surface area (Å²) in [5, 5.41) is 3.17. The molecule has 4 nitrogen and oxygen atoms in total. The van der Waals surface area contributed by atoms with E-state index in [1.807, 2.05) is 54.6 Å². The normalized spacial score (nSPS) is 16.3. The second kappa shape index (κ2) is 7.81. The van der Waals surface area contributed by atoms with Crippen molar-refractivity contribution in [3.8, 4) is 11.5 Å². The molecule has 2 fully saturated rings. The fourth-order valence-electron chi connectivity index (χ4n) is 3.28. The van der Waals surface area contributed by atoms with E-state index in [-0.39, 0.29) is 12.5 Å². The van der Waals surface area contributed by atoms with Crippen LogP contribution in [0, 0.1) is 11.8 Å². The molecule has 2 aliphatic rings. The minimum Gasteiger partial charge on any atom is -0.489 e. The number of rotatable bonds is 9. The number of nitrogens with one attached hydrogen (secondary N) is 1. The van der Waals surface area contributed by atoms with Crippen LogP contribution >= 0.6 is 0 Å². The average Bonchev–Trinajstić information content (AvgIpc) is 3.57. The van der Waals surface area contributed by atoms with Crippen LogP contribution in [0.15, 0.2) is 54.6 Å². The summed E-state index contributed by atoms with van der Waals surface area (Å²) >= 11 is 0. The van der Waals surface area contributed by atoms with Gasteiger partial charge in [-0.1, -0.05) is 30.3 Å².